The molecule has 0 aliphatic heterocycles. The van der Waals surface area contributed by atoms with Crippen LogP contribution in [0.15, 0.2) is 22.1 Å². The van der Waals surface area contributed by atoms with Crippen molar-refractivity contribution in [2.24, 2.45) is 0 Å². The number of halogens is 1. The highest BCUT2D eigenvalue weighted by molar-refractivity contribution is 9.11. The first-order valence-electron chi connectivity index (χ1n) is 7.00. The fraction of sp³-hybridized carbons (Fsp3) is 0.267. The maximum Gasteiger partial charge on any atom is 0.156 e. The van der Waals surface area contributed by atoms with Crippen LogP contribution in [0.5, 0.6) is 0 Å². The molecule has 114 valence electrons. The maximum atomic E-state index is 4.67. The maximum absolute atomic E-state index is 4.67. The molecule has 0 amide bonds. The van der Waals surface area contributed by atoms with Crippen molar-refractivity contribution in [3.8, 4) is 10.7 Å². The van der Waals surface area contributed by atoms with Gasteiger partial charge in [-0.2, -0.15) is 5.10 Å². The van der Waals surface area contributed by atoms with E-state index in [1.54, 1.807) is 22.7 Å². The van der Waals surface area contributed by atoms with E-state index in [0.29, 0.717) is 0 Å². The molecule has 0 saturated carbocycles. The fourth-order valence-electron chi connectivity index (χ4n) is 2.17. The molecule has 4 heterocycles. The summed E-state index contributed by atoms with van der Waals surface area (Å²) in [5, 5.41) is 5.57. The molecule has 0 radical (unpaired) electrons. The number of hydrogen-bond acceptors (Lipinski definition) is 5. The number of aryl methyl sites for hydroxylation is 2. The second kappa shape index (κ2) is 6.06. The van der Waals surface area contributed by atoms with Gasteiger partial charge in [-0.1, -0.05) is 13.8 Å². The van der Waals surface area contributed by atoms with E-state index in [9.17, 15) is 0 Å². The molecule has 4 rings (SSSR count). The van der Waals surface area contributed by atoms with Crippen LogP contribution < -0.4 is 0 Å². The van der Waals surface area contributed by atoms with Crippen LogP contribution in [-0.4, -0.2) is 19.6 Å². The third-order valence-electron chi connectivity index (χ3n) is 3.01. The summed E-state index contributed by atoms with van der Waals surface area (Å²) in [6, 6.07) is 4.16. The van der Waals surface area contributed by atoms with E-state index in [-0.39, 0.29) is 0 Å². The number of aromatic nitrogens is 4. The topological polar surface area (TPSA) is 43.1 Å². The molecule has 4 nitrogen and oxygen atoms in total. The zero-order valence-electron chi connectivity index (χ0n) is 12.7. The molecule has 0 aliphatic carbocycles. The normalized spacial score (nSPS) is 11.0. The molecule has 0 fully saturated rings. The van der Waals surface area contributed by atoms with E-state index in [2.05, 4.69) is 50.1 Å². The Balaban J connectivity index is 0.000000693. The van der Waals surface area contributed by atoms with Crippen molar-refractivity contribution in [2.75, 3.05) is 0 Å². The summed E-state index contributed by atoms with van der Waals surface area (Å²) in [4.78, 5) is 10.2. The minimum Gasteiger partial charge on any atom is -0.232 e. The highest BCUT2D eigenvalue weighted by Gasteiger charge is 2.13. The molecule has 4 aromatic rings. The number of imidazole rings is 1. The van der Waals surface area contributed by atoms with Gasteiger partial charge in [-0.05, 0) is 47.5 Å². The number of hydrogen-bond donors (Lipinski definition) is 0. The average Bonchev–Trinajstić information content (AvgIpc) is 3.12. The van der Waals surface area contributed by atoms with Crippen molar-refractivity contribution in [3.63, 3.8) is 0 Å². The van der Waals surface area contributed by atoms with Gasteiger partial charge in [0.05, 0.1) is 20.4 Å². The van der Waals surface area contributed by atoms with Crippen LogP contribution in [0.1, 0.15) is 25.1 Å². The van der Waals surface area contributed by atoms with E-state index in [0.717, 1.165) is 36.2 Å². The van der Waals surface area contributed by atoms with Gasteiger partial charge in [0.15, 0.2) is 5.65 Å². The molecule has 0 bridgehead atoms. The Hall–Kier alpha value is -1.31. The first kappa shape index (κ1) is 15.6. The molecule has 0 spiro atoms. The van der Waals surface area contributed by atoms with Crippen molar-refractivity contribution in [1.82, 2.24) is 19.6 Å². The van der Waals surface area contributed by atoms with Crippen molar-refractivity contribution in [3.05, 3.63) is 33.4 Å². The number of rotatable bonds is 1. The summed E-state index contributed by atoms with van der Waals surface area (Å²) in [7, 11) is 0. The van der Waals surface area contributed by atoms with Gasteiger partial charge in [0.2, 0.25) is 0 Å². The second-order valence-corrected chi connectivity index (χ2v) is 8.04. The largest absolute Gasteiger partial charge is 0.232 e. The minimum absolute atomic E-state index is 0.900. The summed E-state index contributed by atoms with van der Waals surface area (Å²) < 4.78 is 4.15. The van der Waals surface area contributed by atoms with Gasteiger partial charge < -0.3 is 0 Å². The summed E-state index contributed by atoms with van der Waals surface area (Å²) in [5.41, 5.74) is 3.90. The van der Waals surface area contributed by atoms with Crippen LogP contribution in [-0.2, 0) is 0 Å². The smallest absolute Gasteiger partial charge is 0.156 e. The number of fused-ring (bicyclic) bond motifs is 2. The Kier molecular flexibility index (Phi) is 4.29. The fourth-order valence-corrected chi connectivity index (χ4v) is 4.91. The van der Waals surface area contributed by atoms with Crippen molar-refractivity contribution >= 4 is 53.8 Å². The molecule has 0 atom stereocenters. The number of thiophene rings is 1. The molecule has 0 N–H and O–H groups in total. The molecular formula is C15H15BrN4S2. The van der Waals surface area contributed by atoms with E-state index in [1.807, 2.05) is 31.5 Å². The lowest BCUT2D eigenvalue weighted by Crippen LogP contribution is -1.95. The molecule has 7 heteroatoms. The van der Waals surface area contributed by atoms with E-state index >= 15 is 0 Å². The summed E-state index contributed by atoms with van der Waals surface area (Å²) in [6.07, 6.45) is 1.94. The Morgan fingerprint density at radius 1 is 1.09 bits per heavy atom. The highest BCUT2D eigenvalue weighted by atomic mass is 79.9. The number of thiazole rings is 1. The predicted molar refractivity (Wildman–Crippen MR) is 98.0 cm³/mol. The van der Waals surface area contributed by atoms with Crippen molar-refractivity contribution in [2.45, 2.75) is 27.7 Å². The van der Waals surface area contributed by atoms with Crippen LogP contribution in [0.3, 0.4) is 0 Å². The summed E-state index contributed by atoms with van der Waals surface area (Å²) in [6.45, 7) is 8.03. The van der Waals surface area contributed by atoms with Crippen LogP contribution in [0.2, 0.25) is 0 Å². The molecule has 0 unspecified atom stereocenters. The van der Waals surface area contributed by atoms with Crippen LogP contribution in [0.25, 0.3) is 25.9 Å². The monoisotopic (exact) mass is 394 g/mol. The average molecular weight is 395 g/mol. The molecular weight excluding hydrogens is 380 g/mol. The Bertz CT molecular complexity index is 920. The molecule has 0 aromatic carbocycles. The molecule has 4 aromatic heterocycles. The van der Waals surface area contributed by atoms with Gasteiger partial charge in [0, 0.05) is 0 Å². The Morgan fingerprint density at radius 2 is 1.86 bits per heavy atom. The zero-order chi connectivity index (χ0) is 15.9. The lowest BCUT2D eigenvalue weighted by Gasteiger charge is -2.00. The first-order valence-corrected chi connectivity index (χ1v) is 9.42. The minimum atomic E-state index is 0.900. The zero-order valence-corrected chi connectivity index (χ0v) is 15.9. The standard InChI is InChI=1S/C13H9BrN4S2.C2H6/c1-6-3-8(17-18-5-7(2)15-11(6)18)12-16-13-9(19-12)4-10(14)20-13;1-2/h3-5H,1-2H3;1-2H3. The van der Waals surface area contributed by atoms with E-state index in [4.69, 9.17) is 0 Å². The van der Waals surface area contributed by atoms with Gasteiger partial charge in [-0.3, -0.25) is 0 Å². The van der Waals surface area contributed by atoms with Gasteiger partial charge in [0.1, 0.15) is 15.5 Å². The predicted octanol–water partition coefficient (Wildman–Crippen LogP) is 5.47. The molecule has 0 saturated heterocycles. The van der Waals surface area contributed by atoms with Crippen LogP contribution in [0.4, 0.5) is 0 Å². The van der Waals surface area contributed by atoms with Crippen molar-refractivity contribution in [1.29, 1.82) is 0 Å². The van der Waals surface area contributed by atoms with E-state index in [1.165, 1.54) is 4.70 Å². The first-order chi connectivity index (χ1) is 10.6. The summed E-state index contributed by atoms with van der Waals surface area (Å²) in [5.74, 6) is 0. The van der Waals surface area contributed by atoms with Crippen LogP contribution >= 0.6 is 38.6 Å². The number of nitrogens with zero attached hydrogens (tertiary/aromatic N) is 4. The Morgan fingerprint density at radius 3 is 2.59 bits per heavy atom. The summed E-state index contributed by atoms with van der Waals surface area (Å²) >= 11 is 6.81. The third kappa shape index (κ3) is 2.68. The van der Waals surface area contributed by atoms with Gasteiger partial charge in [-0.15, -0.1) is 22.7 Å². The van der Waals surface area contributed by atoms with Gasteiger partial charge in [0.25, 0.3) is 0 Å². The van der Waals surface area contributed by atoms with E-state index < -0.39 is 0 Å². The molecule has 0 aliphatic rings. The Labute approximate surface area is 145 Å². The second-order valence-electron chi connectivity index (χ2n) is 4.60. The highest BCUT2D eigenvalue weighted by Crippen LogP contribution is 2.36. The van der Waals surface area contributed by atoms with Gasteiger partial charge in [-0.25, -0.2) is 14.5 Å². The lowest BCUT2D eigenvalue weighted by atomic mass is 10.3. The van der Waals surface area contributed by atoms with Gasteiger partial charge >= 0.3 is 0 Å². The quantitative estimate of drug-likeness (QED) is 0.429. The SMILES string of the molecule is CC.Cc1cn2nc(-c3nc4sc(Br)cc4s3)cc(C)c2n1. The van der Waals surface area contributed by atoms with Crippen molar-refractivity contribution < 1.29 is 0 Å². The lowest BCUT2D eigenvalue weighted by molar-refractivity contribution is 0.932. The molecule has 22 heavy (non-hydrogen) atoms. The van der Waals surface area contributed by atoms with Crippen LogP contribution in [0, 0.1) is 13.8 Å². The third-order valence-corrected chi connectivity index (χ3v) is 5.69.